The van der Waals surface area contributed by atoms with E-state index in [9.17, 15) is 4.79 Å². The first-order valence-corrected chi connectivity index (χ1v) is 12.0. The third-order valence-corrected chi connectivity index (χ3v) is 7.78. The molecule has 0 bridgehead atoms. The largest absolute Gasteiger partial charge is 0.353 e. The molecule has 6 heteroatoms. The van der Waals surface area contributed by atoms with Gasteiger partial charge in [-0.25, -0.2) is 0 Å². The summed E-state index contributed by atoms with van der Waals surface area (Å²) in [4.78, 5) is 18.6. The summed E-state index contributed by atoms with van der Waals surface area (Å²) in [5.74, 6) is 0.192. The van der Waals surface area contributed by atoms with Crippen molar-refractivity contribution in [3.63, 3.8) is 0 Å². The zero-order chi connectivity index (χ0) is 20.4. The van der Waals surface area contributed by atoms with Crippen LogP contribution in [-0.4, -0.2) is 27.2 Å². The van der Waals surface area contributed by atoms with Gasteiger partial charge in [0, 0.05) is 40.6 Å². The number of hydrogen-bond donors (Lipinski definition) is 1. The number of pyridine rings is 1. The van der Waals surface area contributed by atoms with Crippen molar-refractivity contribution in [3.8, 4) is 11.3 Å². The highest BCUT2D eigenvalue weighted by molar-refractivity contribution is 7.10. The van der Waals surface area contributed by atoms with Gasteiger partial charge < -0.3 is 5.32 Å². The summed E-state index contributed by atoms with van der Waals surface area (Å²) in [6.07, 6.45) is 12.4. The van der Waals surface area contributed by atoms with E-state index in [1.54, 1.807) is 11.3 Å². The van der Waals surface area contributed by atoms with Crippen LogP contribution < -0.4 is 5.32 Å². The van der Waals surface area contributed by atoms with Crippen LogP contribution in [0.15, 0.2) is 42.0 Å². The molecule has 0 unspecified atom stereocenters. The van der Waals surface area contributed by atoms with Gasteiger partial charge in [-0.05, 0) is 62.1 Å². The molecular formula is C24H28N4OS. The Morgan fingerprint density at radius 3 is 2.67 bits per heavy atom. The zero-order valence-corrected chi connectivity index (χ0v) is 18.1. The standard InChI is InChI=1S/C24H28N4OS/c29-23(24(11-3-4-12-24)21-8-5-17-30-21)26-15-16-28-20-7-2-1-6-19(20)22(27-28)18-9-13-25-14-10-18/h5,8-10,13-14,17H,1-4,6-7,11-12,15-16H2,(H,26,29). The van der Waals surface area contributed by atoms with Crippen molar-refractivity contribution < 1.29 is 4.79 Å². The molecular weight excluding hydrogens is 392 g/mol. The van der Waals surface area contributed by atoms with Gasteiger partial charge in [0.25, 0.3) is 0 Å². The summed E-state index contributed by atoms with van der Waals surface area (Å²) >= 11 is 1.71. The van der Waals surface area contributed by atoms with Gasteiger partial charge in [0.1, 0.15) is 0 Å². The fourth-order valence-electron chi connectivity index (χ4n) is 5.16. The van der Waals surface area contributed by atoms with Crippen LogP contribution in [0, 0.1) is 0 Å². The third-order valence-electron chi connectivity index (χ3n) is 6.70. The van der Waals surface area contributed by atoms with Gasteiger partial charge in [-0.2, -0.15) is 5.10 Å². The lowest BCUT2D eigenvalue weighted by atomic mass is 9.83. The first kappa shape index (κ1) is 19.5. The van der Waals surface area contributed by atoms with Crippen LogP contribution in [0.25, 0.3) is 11.3 Å². The lowest BCUT2D eigenvalue weighted by molar-refractivity contribution is -0.126. The molecule has 2 aliphatic carbocycles. The smallest absolute Gasteiger partial charge is 0.231 e. The average molecular weight is 421 g/mol. The number of fused-ring (bicyclic) bond motifs is 1. The van der Waals surface area contributed by atoms with Crippen LogP contribution in [0.4, 0.5) is 0 Å². The number of carbonyl (C=O) groups excluding carboxylic acids is 1. The van der Waals surface area contributed by atoms with E-state index in [2.05, 4.69) is 32.5 Å². The summed E-state index contributed by atoms with van der Waals surface area (Å²) in [5.41, 5.74) is 4.62. The Morgan fingerprint density at radius 1 is 1.10 bits per heavy atom. The predicted octanol–water partition coefficient (Wildman–Crippen LogP) is 4.51. The van der Waals surface area contributed by atoms with Gasteiger partial charge >= 0.3 is 0 Å². The van der Waals surface area contributed by atoms with Crippen molar-refractivity contribution in [2.24, 2.45) is 0 Å². The number of carbonyl (C=O) groups is 1. The normalized spacial score (nSPS) is 17.6. The average Bonchev–Trinajstić information content (AvgIpc) is 3.54. The van der Waals surface area contributed by atoms with Gasteiger partial charge in [0.15, 0.2) is 0 Å². The summed E-state index contributed by atoms with van der Waals surface area (Å²) in [5, 5.41) is 10.3. The van der Waals surface area contributed by atoms with Crippen molar-refractivity contribution in [1.82, 2.24) is 20.1 Å². The quantitative estimate of drug-likeness (QED) is 0.638. The molecule has 3 heterocycles. The van der Waals surface area contributed by atoms with Crippen molar-refractivity contribution in [1.29, 1.82) is 0 Å². The molecule has 0 saturated heterocycles. The zero-order valence-electron chi connectivity index (χ0n) is 17.3. The molecule has 0 aromatic carbocycles. The Balaban J connectivity index is 1.32. The highest BCUT2D eigenvalue weighted by atomic mass is 32.1. The van der Waals surface area contributed by atoms with Crippen LogP contribution >= 0.6 is 11.3 Å². The van der Waals surface area contributed by atoms with E-state index in [1.807, 2.05) is 24.5 Å². The lowest BCUT2D eigenvalue weighted by Gasteiger charge is -2.26. The minimum Gasteiger partial charge on any atom is -0.353 e. The Morgan fingerprint density at radius 2 is 1.90 bits per heavy atom. The Bertz CT molecular complexity index is 1000. The van der Waals surface area contributed by atoms with Gasteiger partial charge in [-0.15, -0.1) is 11.3 Å². The second-order valence-corrected chi connectivity index (χ2v) is 9.41. The number of aromatic nitrogens is 3. The van der Waals surface area contributed by atoms with Gasteiger partial charge in [0.2, 0.25) is 5.91 Å². The van der Waals surface area contributed by atoms with E-state index in [0.29, 0.717) is 6.54 Å². The van der Waals surface area contributed by atoms with E-state index in [-0.39, 0.29) is 11.3 Å². The summed E-state index contributed by atoms with van der Waals surface area (Å²) in [6.45, 7) is 1.34. The maximum Gasteiger partial charge on any atom is 0.231 e. The Kier molecular flexibility index (Phi) is 5.42. The fourth-order valence-corrected chi connectivity index (χ4v) is 6.14. The molecule has 0 spiro atoms. The summed E-state index contributed by atoms with van der Waals surface area (Å²) < 4.78 is 2.14. The minimum atomic E-state index is -0.320. The molecule has 0 radical (unpaired) electrons. The molecule has 1 saturated carbocycles. The van der Waals surface area contributed by atoms with Crippen LogP contribution in [0.3, 0.4) is 0 Å². The van der Waals surface area contributed by atoms with Gasteiger partial charge in [-0.1, -0.05) is 18.9 Å². The predicted molar refractivity (Wildman–Crippen MR) is 120 cm³/mol. The van der Waals surface area contributed by atoms with Crippen LogP contribution in [0.5, 0.6) is 0 Å². The first-order chi connectivity index (χ1) is 14.8. The maximum atomic E-state index is 13.2. The molecule has 156 valence electrons. The van der Waals surface area contributed by atoms with Crippen molar-refractivity contribution in [3.05, 3.63) is 58.2 Å². The molecule has 5 rings (SSSR count). The molecule has 5 nitrogen and oxygen atoms in total. The monoisotopic (exact) mass is 420 g/mol. The Hall–Kier alpha value is -2.47. The summed E-state index contributed by atoms with van der Waals surface area (Å²) in [6, 6.07) is 8.26. The number of rotatable bonds is 6. The number of hydrogen-bond acceptors (Lipinski definition) is 4. The molecule has 1 fully saturated rings. The van der Waals surface area contributed by atoms with E-state index in [4.69, 9.17) is 5.10 Å². The molecule has 0 aliphatic heterocycles. The number of amides is 1. The van der Waals surface area contributed by atoms with Crippen LogP contribution in [0.1, 0.15) is 54.7 Å². The van der Waals surface area contributed by atoms with Crippen molar-refractivity contribution in [2.75, 3.05) is 6.54 Å². The third kappa shape index (κ3) is 3.47. The Labute approximate surface area is 181 Å². The lowest BCUT2D eigenvalue weighted by Crippen LogP contribution is -2.43. The van der Waals surface area contributed by atoms with E-state index in [1.165, 1.54) is 29.0 Å². The van der Waals surface area contributed by atoms with E-state index in [0.717, 1.165) is 56.3 Å². The molecule has 0 atom stereocenters. The molecule has 1 amide bonds. The van der Waals surface area contributed by atoms with E-state index >= 15 is 0 Å². The minimum absolute atomic E-state index is 0.192. The van der Waals surface area contributed by atoms with Gasteiger partial charge in [0.05, 0.1) is 17.7 Å². The van der Waals surface area contributed by atoms with Crippen molar-refractivity contribution in [2.45, 2.75) is 63.3 Å². The second-order valence-electron chi connectivity index (χ2n) is 8.46. The van der Waals surface area contributed by atoms with Crippen LogP contribution in [0.2, 0.25) is 0 Å². The number of nitrogens with one attached hydrogen (secondary N) is 1. The molecule has 1 N–H and O–H groups in total. The highest BCUT2D eigenvalue weighted by Gasteiger charge is 2.43. The highest BCUT2D eigenvalue weighted by Crippen LogP contribution is 2.43. The molecule has 3 aromatic rings. The van der Waals surface area contributed by atoms with Gasteiger partial charge in [-0.3, -0.25) is 14.5 Å². The van der Waals surface area contributed by atoms with Crippen molar-refractivity contribution >= 4 is 17.2 Å². The van der Waals surface area contributed by atoms with E-state index < -0.39 is 0 Å². The fraction of sp³-hybridized carbons (Fsp3) is 0.458. The second kappa shape index (κ2) is 8.34. The number of nitrogens with zero attached hydrogens (tertiary/aromatic N) is 3. The molecule has 2 aliphatic rings. The first-order valence-electron chi connectivity index (χ1n) is 11.1. The number of thiophene rings is 1. The summed E-state index contributed by atoms with van der Waals surface area (Å²) in [7, 11) is 0. The molecule has 3 aromatic heterocycles. The topological polar surface area (TPSA) is 59.8 Å². The SMILES string of the molecule is O=C(NCCn1nc(-c2ccncc2)c2c1CCCC2)C1(c2cccs2)CCCC1. The van der Waals surface area contributed by atoms with Crippen LogP contribution in [-0.2, 0) is 29.6 Å². The maximum absolute atomic E-state index is 13.2. The molecule has 30 heavy (non-hydrogen) atoms.